The fourth-order valence-corrected chi connectivity index (χ4v) is 2.47. The van der Waals surface area contributed by atoms with Crippen molar-refractivity contribution in [2.75, 3.05) is 24.3 Å². The third-order valence-corrected chi connectivity index (χ3v) is 3.91. The van der Waals surface area contributed by atoms with Crippen LogP contribution in [0.3, 0.4) is 0 Å². The van der Waals surface area contributed by atoms with Gasteiger partial charge in [-0.15, -0.1) is 0 Å². The third-order valence-electron chi connectivity index (χ3n) is 3.91. The Kier molecular flexibility index (Phi) is 4.94. The van der Waals surface area contributed by atoms with E-state index in [1.54, 1.807) is 18.0 Å². The quantitative estimate of drug-likeness (QED) is 0.596. The molecule has 0 radical (unpaired) electrons. The SMILES string of the molecule is COc1ccc(CNc2nc(NCC(C)(C)N)nc3c2cnn3C)cc1. The van der Waals surface area contributed by atoms with E-state index in [0.29, 0.717) is 19.0 Å². The van der Waals surface area contributed by atoms with E-state index in [-0.39, 0.29) is 5.54 Å². The van der Waals surface area contributed by atoms with Gasteiger partial charge in [0.15, 0.2) is 5.65 Å². The molecule has 2 heterocycles. The summed E-state index contributed by atoms with van der Waals surface area (Å²) in [5.41, 5.74) is 7.56. The lowest BCUT2D eigenvalue weighted by Crippen LogP contribution is -2.40. The molecule has 0 fully saturated rings. The number of anilines is 2. The molecule has 4 N–H and O–H groups in total. The van der Waals surface area contributed by atoms with Crippen molar-refractivity contribution in [3.8, 4) is 5.75 Å². The summed E-state index contributed by atoms with van der Waals surface area (Å²) in [5, 5.41) is 11.7. The van der Waals surface area contributed by atoms with Crippen molar-refractivity contribution in [2.24, 2.45) is 12.8 Å². The van der Waals surface area contributed by atoms with Gasteiger partial charge in [-0.3, -0.25) is 4.68 Å². The summed E-state index contributed by atoms with van der Waals surface area (Å²) in [7, 11) is 3.52. The van der Waals surface area contributed by atoms with Gasteiger partial charge < -0.3 is 21.1 Å². The highest BCUT2D eigenvalue weighted by Crippen LogP contribution is 2.22. The summed E-state index contributed by atoms with van der Waals surface area (Å²) in [6.45, 7) is 5.10. The van der Waals surface area contributed by atoms with Crippen molar-refractivity contribution in [3.05, 3.63) is 36.0 Å². The number of nitrogens with one attached hydrogen (secondary N) is 2. The summed E-state index contributed by atoms with van der Waals surface area (Å²) in [6.07, 6.45) is 1.77. The summed E-state index contributed by atoms with van der Waals surface area (Å²) in [5.74, 6) is 2.09. The third kappa shape index (κ3) is 4.20. The summed E-state index contributed by atoms with van der Waals surface area (Å²) >= 11 is 0. The van der Waals surface area contributed by atoms with Crippen LogP contribution in [-0.4, -0.2) is 38.9 Å². The molecule has 0 saturated carbocycles. The monoisotopic (exact) mass is 355 g/mol. The zero-order chi connectivity index (χ0) is 18.7. The summed E-state index contributed by atoms with van der Waals surface area (Å²) < 4.78 is 6.92. The second kappa shape index (κ2) is 7.17. The lowest BCUT2D eigenvalue weighted by atomic mass is 10.1. The molecule has 8 nitrogen and oxygen atoms in total. The minimum absolute atomic E-state index is 0.360. The van der Waals surface area contributed by atoms with E-state index in [2.05, 4.69) is 25.7 Å². The Bertz CT molecular complexity index is 881. The molecule has 0 spiro atoms. The van der Waals surface area contributed by atoms with Crippen molar-refractivity contribution in [1.29, 1.82) is 0 Å². The number of aryl methyl sites for hydroxylation is 1. The zero-order valence-electron chi connectivity index (χ0n) is 15.6. The van der Waals surface area contributed by atoms with Gasteiger partial charge in [-0.05, 0) is 31.5 Å². The Hall–Kier alpha value is -2.87. The number of fused-ring (bicyclic) bond motifs is 1. The molecule has 0 unspecified atom stereocenters. The van der Waals surface area contributed by atoms with Crippen LogP contribution in [0.5, 0.6) is 5.75 Å². The minimum atomic E-state index is -0.360. The molecule has 0 saturated heterocycles. The second-order valence-corrected chi connectivity index (χ2v) is 6.95. The standard InChI is InChI=1S/C18H25N7O/c1-18(2,19)11-21-17-23-15(14-10-22-25(3)16(14)24-17)20-9-12-5-7-13(26-4)8-6-12/h5-8,10H,9,11,19H2,1-4H3,(H2,20,21,23,24). The first-order chi connectivity index (χ1) is 12.4. The first-order valence-corrected chi connectivity index (χ1v) is 8.45. The van der Waals surface area contributed by atoms with Gasteiger partial charge in [-0.25, -0.2) is 0 Å². The summed E-state index contributed by atoms with van der Waals surface area (Å²) in [6, 6.07) is 7.91. The highest BCUT2D eigenvalue weighted by atomic mass is 16.5. The van der Waals surface area contributed by atoms with Crippen LogP contribution >= 0.6 is 0 Å². The summed E-state index contributed by atoms with van der Waals surface area (Å²) in [4.78, 5) is 9.14. The number of ether oxygens (including phenoxy) is 1. The number of benzene rings is 1. The van der Waals surface area contributed by atoms with Gasteiger partial charge in [0.2, 0.25) is 5.95 Å². The van der Waals surface area contributed by atoms with E-state index in [1.165, 1.54) is 0 Å². The van der Waals surface area contributed by atoms with Crippen molar-refractivity contribution < 1.29 is 4.74 Å². The first-order valence-electron chi connectivity index (χ1n) is 8.45. The molecule has 0 aliphatic heterocycles. The lowest BCUT2D eigenvalue weighted by molar-refractivity contribution is 0.414. The molecule has 1 aromatic carbocycles. The van der Waals surface area contributed by atoms with Crippen molar-refractivity contribution in [2.45, 2.75) is 25.9 Å². The number of aromatic nitrogens is 4. The average molecular weight is 355 g/mol. The molecule has 26 heavy (non-hydrogen) atoms. The first kappa shape index (κ1) is 17.9. The van der Waals surface area contributed by atoms with Crippen molar-refractivity contribution in [1.82, 2.24) is 19.7 Å². The van der Waals surface area contributed by atoms with Gasteiger partial charge in [0.1, 0.15) is 11.6 Å². The molecule has 138 valence electrons. The van der Waals surface area contributed by atoms with Crippen LogP contribution in [-0.2, 0) is 13.6 Å². The highest BCUT2D eigenvalue weighted by Gasteiger charge is 2.14. The van der Waals surface area contributed by atoms with Gasteiger partial charge in [0.25, 0.3) is 0 Å². The normalized spacial score (nSPS) is 11.6. The predicted molar refractivity (Wildman–Crippen MR) is 103 cm³/mol. The fraction of sp³-hybridized carbons (Fsp3) is 0.389. The Morgan fingerprint density at radius 1 is 1.15 bits per heavy atom. The van der Waals surface area contributed by atoms with Crippen LogP contribution < -0.4 is 21.1 Å². The number of hydrogen-bond donors (Lipinski definition) is 3. The van der Waals surface area contributed by atoms with Gasteiger partial charge in [0.05, 0.1) is 18.7 Å². The molecule has 3 rings (SSSR count). The predicted octanol–water partition coefficient (Wildman–Crippen LogP) is 2.13. The van der Waals surface area contributed by atoms with Crippen LogP contribution in [0.25, 0.3) is 11.0 Å². The van der Waals surface area contributed by atoms with E-state index in [9.17, 15) is 0 Å². The molecule has 0 atom stereocenters. The Morgan fingerprint density at radius 3 is 2.54 bits per heavy atom. The average Bonchev–Trinajstić information content (AvgIpc) is 2.99. The van der Waals surface area contributed by atoms with E-state index >= 15 is 0 Å². The fourth-order valence-electron chi connectivity index (χ4n) is 2.47. The maximum atomic E-state index is 6.04. The Balaban J connectivity index is 1.83. The topological polar surface area (TPSA) is 103 Å². The molecule has 3 aromatic rings. The Morgan fingerprint density at radius 2 is 1.88 bits per heavy atom. The van der Waals surface area contributed by atoms with E-state index in [1.807, 2.05) is 45.2 Å². The number of methoxy groups -OCH3 is 1. The second-order valence-electron chi connectivity index (χ2n) is 6.95. The maximum absolute atomic E-state index is 6.04. The molecular weight excluding hydrogens is 330 g/mol. The van der Waals surface area contributed by atoms with Crippen LogP contribution in [0.2, 0.25) is 0 Å². The van der Waals surface area contributed by atoms with E-state index in [0.717, 1.165) is 28.2 Å². The smallest absolute Gasteiger partial charge is 0.226 e. The van der Waals surface area contributed by atoms with Crippen LogP contribution in [0.15, 0.2) is 30.5 Å². The van der Waals surface area contributed by atoms with Crippen molar-refractivity contribution in [3.63, 3.8) is 0 Å². The van der Waals surface area contributed by atoms with Gasteiger partial charge >= 0.3 is 0 Å². The van der Waals surface area contributed by atoms with Crippen LogP contribution in [0.4, 0.5) is 11.8 Å². The van der Waals surface area contributed by atoms with Crippen LogP contribution in [0.1, 0.15) is 19.4 Å². The number of rotatable bonds is 7. The van der Waals surface area contributed by atoms with Gasteiger partial charge in [-0.2, -0.15) is 15.1 Å². The number of hydrogen-bond acceptors (Lipinski definition) is 7. The molecule has 2 aromatic heterocycles. The molecule has 0 aliphatic rings. The van der Waals surface area contributed by atoms with E-state index in [4.69, 9.17) is 10.5 Å². The number of nitrogens with zero attached hydrogens (tertiary/aromatic N) is 4. The van der Waals surface area contributed by atoms with Crippen molar-refractivity contribution >= 4 is 22.8 Å². The highest BCUT2D eigenvalue weighted by molar-refractivity contribution is 5.87. The molecule has 0 aliphatic carbocycles. The Labute approximate surface area is 152 Å². The number of nitrogens with two attached hydrogens (primary N) is 1. The largest absolute Gasteiger partial charge is 0.497 e. The molecule has 8 heteroatoms. The maximum Gasteiger partial charge on any atom is 0.226 e. The van der Waals surface area contributed by atoms with Crippen LogP contribution in [0, 0.1) is 0 Å². The van der Waals surface area contributed by atoms with Gasteiger partial charge in [0, 0.05) is 25.7 Å². The molecule has 0 bridgehead atoms. The molecule has 0 amide bonds. The van der Waals surface area contributed by atoms with E-state index < -0.39 is 0 Å². The zero-order valence-corrected chi connectivity index (χ0v) is 15.6. The van der Waals surface area contributed by atoms with Gasteiger partial charge in [-0.1, -0.05) is 12.1 Å². The minimum Gasteiger partial charge on any atom is -0.497 e. The molecular formula is C18H25N7O. The lowest BCUT2D eigenvalue weighted by Gasteiger charge is -2.19.